The number of ether oxygens (including phenoxy) is 2. The van der Waals surface area contributed by atoms with Crippen LogP contribution in [0.25, 0.3) is 0 Å². The van der Waals surface area contributed by atoms with Crippen LogP contribution in [0.5, 0.6) is 5.75 Å². The van der Waals surface area contributed by atoms with E-state index in [-0.39, 0.29) is 17.9 Å². The molecule has 0 aliphatic rings. The summed E-state index contributed by atoms with van der Waals surface area (Å²) in [5, 5.41) is 4.39. The van der Waals surface area contributed by atoms with Crippen LogP contribution < -0.4 is 15.8 Å². The smallest absolute Gasteiger partial charge is 0.374 e. The first-order chi connectivity index (χ1) is 13.5. The Kier molecular flexibility index (Phi) is 6.07. The fraction of sp³-hybridized carbons (Fsp3) is 0.105. The van der Waals surface area contributed by atoms with E-state index < -0.39 is 24.4 Å². The molecule has 2 aromatic heterocycles. The Labute approximate surface area is 163 Å². The lowest BCUT2D eigenvalue weighted by atomic mass is 10.3. The summed E-state index contributed by atoms with van der Waals surface area (Å²) in [6.45, 7) is -0.391. The average Bonchev–Trinajstić information content (AvgIpc) is 3.35. The maximum absolute atomic E-state index is 12.0. The number of rotatable bonds is 8. The molecule has 1 aromatic carbocycles. The first kappa shape index (κ1) is 19.2. The Morgan fingerprint density at radius 3 is 2.61 bits per heavy atom. The number of esters is 1. The standard InChI is InChI=1S/C19H16N2O6S/c20-17(23)14-8-9-28-18(14)21-16(22)11-26-19(24)15-7-6-13(27-15)10-25-12-4-2-1-3-5-12/h1-9H,10-11H2,(H2,20,23)(H,21,22). The van der Waals surface area contributed by atoms with Crippen LogP contribution >= 0.6 is 11.3 Å². The molecule has 0 atom stereocenters. The monoisotopic (exact) mass is 400 g/mol. The summed E-state index contributed by atoms with van der Waals surface area (Å²) < 4.78 is 15.8. The second kappa shape index (κ2) is 8.87. The Morgan fingerprint density at radius 1 is 1.07 bits per heavy atom. The minimum absolute atomic E-state index is 0.0478. The van der Waals surface area contributed by atoms with E-state index in [1.165, 1.54) is 12.1 Å². The zero-order valence-corrected chi connectivity index (χ0v) is 15.4. The molecule has 0 aliphatic carbocycles. The van der Waals surface area contributed by atoms with Crippen LogP contribution in [0.4, 0.5) is 5.00 Å². The Bertz CT molecular complexity index is 979. The lowest BCUT2D eigenvalue weighted by Gasteiger charge is -2.05. The highest BCUT2D eigenvalue weighted by molar-refractivity contribution is 7.14. The van der Waals surface area contributed by atoms with Crippen molar-refractivity contribution in [1.82, 2.24) is 0 Å². The molecule has 8 nitrogen and oxygen atoms in total. The summed E-state index contributed by atoms with van der Waals surface area (Å²) in [5.74, 6) is -0.990. The molecule has 2 amide bonds. The zero-order chi connectivity index (χ0) is 19.9. The number of nitrogens with one attached hydrogen (secondary N) is 1. The number of thiophene rings is 1. The van der Waals surface area contributed by atoms with Gasteiger partial charge in [-0.05, 0) is 35.7 Å². The van der Waals surface area contributed by atoms with Crippen molar-refractivity contribution in [3.63, 3.8) is 0 Å². The summed E-state index contributed by atoms with van der Waals surface area (Å²) in [4.78, 5) is 35.1. The van der Waals surface area contributed by atoms with Crippen molar-refractivity contribution in [2.24, 2.45) is 5.73 Å². The van der Waals surface area contributed by atoms with E-state index >= 15 is 0 Å². The van der Waals surface area contributed by atoms with Gasteiger partial charge in [0.1, 0.15) is 23.1 Å². The molecule has 0 saturated carbocycles. The number of hydrogen-bond donors (Lipinski definition) is 2. The molecule has 3 aromatic rings. The van der Waals surface area contributed by atoms with E-state index in [0.29, 0.717) is 16.5 Å². The van der Waals surface area contributed by atoms with Crippen molar-refractivity contribution in [3.05, 3.63) is 71.0 Å². The first-order valence-electron chi connectivity index (χ1n) is 8.14. The number of carbonyl (C=O) groups excluding carboxylic acids is 3. The second-order valence-electron chi connectivity index (χ2n) is 5.52. The number of para-hydroxylation sites is 1. The lowest BCUT2D eigenvalue weighted by Crippen LogP contribution is -2.22. The fourth-order valence-electron chi connectivity index (χ4n) is 2.20. The SMILES string of the molecule is NC(=O)c1ccsc1NC(=O)COC(=O)c1ccc(COc2ccccc2)o1. The van der Waals surface area contributed by atoms with Crippen molar-refractivity contribution in [2.75, 3.05) is 11.9 Å². The van der Waals surface area contributed by atoms with Crippen LogP contribution in [0.1, 0.15) is 26.7 Å². The summed E-state index contributed by atoms with van der Waals surface area (Å²) in [7, 11) is 0. The van der Waals surface area contributed by atoms with Crippen molar-refractivity contribution >= 4 is 34.1 Å². The average molecular weight is 400 g/mol. The molecule has 0 radical (unpaired) electrons. The topological polar surface area (TPSA) is 121 Å². The molecule has 2 heterocycles. The predicted molar refractivity (Wildman–Crippen MR) is 101 cm³/mol. The highest BCUT2D eigenvalue weighted by Crippen LogP contribution is 2.22. The van der Waals surface area contributed by atoms with Crippen molar-refractivity contribution < 1.29 is 28.3 Å². The Balaban J connectivity index is 1.48. The van der Waals surface area contributed by atoms with Crippen LogP contribution in [0.2, 0.25) is 0 Å². The van der Waals surface area contributed by atoms with Crippen molar-refractivity contribution in [3.8, 4) is 5.75 Å². The lowest BCUT2D eigenvalue weighted by molar-refractivity contribution is -0.119. The molecular formula is C19H16N2O6S. The van der Waals surface area contributed by atoms with Gasteiger partial charge in [0.2, 0.25) is 5.76 Å². The van der Waals surface area contributed by atoms with E-state index in [0.717, 1.165) is 11.3 Å². The van der Waals surface area contributed by atoms with Gasteiger partial charge in [0, 0.05) is 0 Å². The van der Waals surface area contributed by atoms with Gasteiger partial charge in [-0.2, -0.15) is 0 Å². The normalized spacial score (nSPS) is 10.3. The van der Waals surface area contributed by atoms with Crippen LogP contribution in [0.15, 0.2) is 58.3 Å². The van der Waals surface area contributed by atoms with Gasteiger partial charge >= 0.3 is 5.97 Å². The van der Waals surface area contributed by atoms with Crippen LogP contribution in [-0.2, 0) is 16.1 Å². The largest absolute Gasteiger partial charge is 0.486 e. The number of anilines is 1. The van der Waals surface area contributed by atoms with E-state index in [1.54, 1.807) is 23.6 Å². The summed E-state index contributed by atoms with van der Waals surface area (Å²) >= 11 is 1.14. The molecule has 0 aliphatic heterocycles. The second-order valence-corrected chi connectivity index (χ2v) is 6.44. The molecule has 0 fully saturated rings. The molecule has 0 bridgehead atoms. The molecule has 0 saturated heterocycles. The molecular weight excluding hydrogens is 384 g/mol. The fourth-order valence-corrected chi connectivity index (χ4v) is 3.01. The summed E-state index contributed by atoms with van der Waals surface area (Å²) in [6, 6.07) is 13.7. The maximum Gasteiger partial charge on any atom is 0.374 e. The van der Waals surface area contributed by atoms with Crippen LogP contribution in [0.3, 0.4) is 0 Å². The summed E-state index contributed by atoms with van der Waals surface area (Å²) in [6.07, 6.45) is 0. The van der Waals surface area contributed by atoms with Gasteiger partial charge in [-0.25, -0.2) is 4.79 Å². The third-order valence-corrected chi connectivity index (χ3v) is 4.33. The van der Waals surface area contributed by atoms with Gasteiger partial charge in [0.15, 0.2) is 6.61 Å². The molecule has 3 rings (SSSR count). The molecule has 0 spiro atoms. The van der Waals surface area contributed by atoms with Gasteiger partial charge < -0.3 is 24.9 Å². The van der Waals surface area contributed by atoms with E-state index in [4.69, 9.17) is 19.6 Å². The van der Waals surface area contributed by atoms with Crippen molar-refractivity contribution in [1.29, 1.82) is 0 Å². The first-order valence-corrected chi connectivity index (χ1v) is 9.01. The molecule has 144 valence electrons. The van der Waals surface area contributed by atoms with E-state index in [9.17, 15) is 14.4 Å². The highest BCUT2D eigenvalue weighted by Gasteiger charge is 2.17. The number of amides is 2. The zero-order valence-electron chi connectivity index (χ0n) is 14.5. The predicted octanol–water partition coefficient (Wildman–Crippen LogP) is 2.81. The third-order valence-electron chi connectivity index (χ3n) is 3.51. The maximum atomic E-state index is 12.0. The number of hydrogen-bond acceptors (Lipinski definition) is 7. The number of furan rings is 1. The molecule has 28 heavy (non-hydrogen) atoms. The quantitative estimate of drug-likeness (QED) is 0.561. The van der Waals surface area contributed by atoms with Gasteiger partial charge in [0.05, 0.1) is 5.56 Å². The molecule has 3 N–H and O–H groups in total. The Morgan fingerprint density at radius 2 is 1.86 bits per heavy atom. The van der Waals surface area contributed by atoms with E-state index in [1.807, 2.05) is 18.2 Å². The number of nitrogens with two attached hydrogens (primary N) is 1. The van der Waals surface area contributed by atoms with Crippen molar-refractivity contribution in [2.45, 2.75) is 6.61 Å². The minimum atomic E-state index is -0.789. The van der Waals surface area contributed by atoms with Gasteiger partial charge in [0.25, 0.3) is 11.8 Å². The number of primary amides is 1. The van der Waals surface area contributed by atoms with Gasteiger partial charge in [-0.15, -0.1) is 11.3 Å². The number of carbonyl (C=O) groups is 3. The summed E-state index contributed by atoms with van der Waals surface area (Å²) in [5.41, 5.74) is 5.40. The molecule has 0 unspecified atom stereocenters. The van der Waals surface area contributed by atoms with Gasteiger partial charge in [-0.3, -0.25) is 9.59 Å². The van der Waals surface area contributed by atoms with E-state index in [2.05, 4.69) is 5.32 Å². The Hall–Kier alpha value is -3.59. The van der Waals surface area contributed by atoms with Crippen LogP contribution in [-0.4, -0.2) is 24.4 Å². The minimum Gasteiger partial charge on any atom is -0.486 e. The van der Waals surface area contributed by atoms with Crippen LogP contribution in [0, 0.1) is 0 Å². The third kappa shape index (κ3) is 4.98. The highest BCUT2D eigenvalue weighted by atomic mass is 32.1. The molecule has 9 heteroatoms. The van der Waals surface area contributed by atoms with Gasteiger partial charge in [-0.1, -0.05) is 18.2 Å². The number of benzene rings is 1.